The van der Waals surface area contributed by atoms with Crippen LogP contribution in [-0.4, -0.2) is 36.4 Å². The van der Waals surface area contributed by atoms with Crippen LogP contribution >= 0.6 is 0 Å². The number of carbonyl (C=O) groups excluding carboxylic acids is 2. The SMILES string of the molecule is C=C(C)C(=O)OCC(O)COC(=O)C(=C)CC(C)C. The third-order valence-corrected chi connectivity index (χ3v) is 2.11. The molecule has 0 aromatic heterocycles. The highest BCUT2D eigenvalue weighted by Gasteiger charge is 2.14. The Morgan fingerprint density at radius 3 is 2.00 bits per heavy atom. The minimum absolute atomic E-state index is 0.237. The number of rotatable bonds is 8. The van der Waals surface area contributed by atoms with Gasteiger partial charge in [0.1, 0.15) is 19.3 Å². The second-order valence-corrected chi connectivity index (χ2v) is 4.83. The highest BCUT2D eigenvalue weighted by molar-refractivity contribution is 5.87. The molecule has 0 saturated carbocycles. The molecule has 108 valence electrons. The van der Waals surface area contributed by atoms with Gasteiger partial charge in [0, 0.05) is 11.1 Å². The molecule has 1 N–H and O–H groups in total. The molecule has 1 unspecified atom stereocenters. The van der Waals surface area contributed by atoms with Gasteiger partial charge in [0.05, 0.1) is 0 Å². The van der Waals surface area contributed by atoms with E-state index >= 15 is 0 Å². The fraction of sp³-hybridized carbons (Fsp3) is 0.571. The van der Waals surface area contributed by atoms with E-state index in [-0.39, 0.29) is 18.8 Å². The van der Waals surface area contributed by atoms with Gasteiger partial charge in [-0.3, -0.25) is 0 Å². The van der Waals surface area contributed by atoms with Gasteiger partial charge in [0.25, 0.3) is 0 Å². The lowest BCUT2D eigenvalue weighted by molar-refractivity contribution is -0.147. The van der Waals surface area contributed by atoms with E-state index < -0.39 is 18.0 Å². The summed E-state index contributed by atoms with van der Waals surface area (Å²) >= 11 is 0. The average molecular weight is 270 g/mol. The van der Waals surface area contributed by atoms with Gasteiger partial charge in [-0.25, -0.2) is 9.59 Å². The van der Waals surface area contributed by atoms with E-state index in [1.165, 1.54) is 6.92 Å². The normalized spacial score (nSPS) is 11.8. The average Bonchev–Trinajstić information content (AvgIpc) is 2.31. The molecule has 0 aromatic carbocycles. The van der Waals surface area contributed by atoms with Gasteiger partial charge in [-0.15, -0.1) is 0 Å². The molecule has 0 fully saturated rings. The summed E-state index contributed by atoms with van der Waals surface area (Å²) in [4.78, 5) is 22.5. The lowest BCUT2D eigenvalue weighted by Gasteiger charge is -2.13. The van der Waals surface area contributed by atoms with E-state index in [0.29, 0.717) is 17.9 Å². The molecule has 0 radical (unpaired) electrons. The Labute approximate surface area is 113 Å². The van der Waals surface area contributed by atoms with E-state index in [2.05, 4.69) is 13.2 Å². The van der Waals surface area contributed by atoms with Crippen molar-refractivity contribution >= 4 is 11.9 Å². The summed E-state index contributed by atoms with van der Waals surface area (Å²) in [5.41, 5.74) is 0.607. The van der Waals surface area contributed by atoms with Gasteiger partial charge >= 0.3 is 11.9 Å². The molecule has 0 aliphatic rings. The minimum Gasteiger partial charge on any atom is -0.459 e. The maximum Gasteiger partial charge on any atom is 0.333 e. The Kier molecular flexibility index (Phi) is 7.75. The first-order valence-electron chi connectivity index (χ1n) is 6.09. The maximum absolute atomic E-state index is 11.5. The topological polar surface area (TPSA) is 72.8 Å². The van der Waals surface area contributed by atoms with Crippen LogP contribution in [0.4, 0.5) is 0 Å². The van der Waals surface area contributed by atoms with Crippen LogP contribution < -0.4 is 0 Å². The number of aliphatic hydroxyl groups is 1. The highest BCUT2D eigenvalue weighted by Crippen LogP contribution is 2.10. The van der Waals surface area contributed by atoms with Crippen molar-refractivity contribution in [1.82, 2.24) is 0 Å². The third kappa shape index (κ3) is 8.15. The molecule has 0 saturated heterocycles. The van der Waals surface area contributed by atoms with Crippen LogP contribution in [-0.2, 0) is 19.1 Å². The summed E-state index contributed by atoms with van der Waals surface area (Å²) < 4.78 is 9.58. The Morgan fingerprint density at radius 1 is 1.11 bits per heavy atom. The van der Waals surface area contributed by atoms with Crippen LogP contribution in [0.5, 0.6) is 0 Å². The molecule has 0 bridgehead atoms. The summed E-state index contributed by atoms with van der Waals surface area (Å²) in [6.45, 7) is 12.0. The number of carbonyl (C=O) groups is 2. The van der Waals surface area contributed by atoms with Crippen molar-refractivity contribution in [1.29, 1.82) is 0 Å². The molecule has 0 aliphatic carbocycles. The van der Waals surface area contributed by atoms with Crippen molar-refractivity contribution in [2.75, 3.05) is 13.2 Å². The zero-order valence-electron chi connectivity index (χ0n) is 11.8. The molecule has 5 nitrogen and oxygen atoms in total. The predicted molar refractivity (Wildman–Crippen MR) is 71.3 cm³/mol. The van der Waals surface area contributed by atoms with Gasteiger partial charge in [0.2, 0.25) is 0 Å². The number of aliphatic hydroxyl groups excluding tert-OH is 1. The first-order chi connectivity index (χ1) is 8.73. The molecule has 0 heterocycles. The van der Waals surface area contributed by atoms with Crippen molar-refractivity contribution in [3.05, 3.63) is 24.3 Å². The van der Waals surface area contributed by atoms with E-state index in [0.717, 1.165) is 0 Å². The van der Waals surface area contributed by atoms with Crippen molar-refractivity contribution < 1.29 is 24.2 Å². The molecule has 1 atom stereocenters. The van der Waals surface area contributed by atoms with E-state index in [1.54, 1.807) is 0 Å². The first-order valence-corrected chi connectivity index (χ1v) is 6.09. The predicted octanol–water partition coefficient (Wildman–Crippen LogP) is 1.61. The highest BCUT2D eigenvalue weighted by atomic mass is 16.6. The molecule has 0 aromatic rings. The lowest BCUT2D eigenvalue weighted by Crippen LogP contribution is -2.26. The molecule has 19 heavy (non-hydrogen) atoms. The molecule has 0 spiro atoms. The molecule has 0 rings (SSSR count). The lowest BCUT2D eigenvalue weighted by atomic mass is 10.1. The van der Waals surface area contributed by atoms with Gasteiger partial charge < -0.3 is 14.6 Å². The first kappa shape index (κ1) is 17.4. The zero-order valence-corrected chi connectivity index (χ0v) is 11.8. The number of esters is 2. The Morgan fingerprint density at radius 2 is 1.58 bits per heavy atom. The molecule has 5 heteroatoms. The quantitative estimate of drug-likeness (QED) is 0.536. The molecule has 0 aliphatic heterocycles. The maximum atomic E-state index is 11.5. The Hall–Kier alpha value is -1.62. The number of hydrogen-bond donors (Lipinski definition) is 1. The third-order valence-electron chi connectivity index (χ3n) is 2.11. The standard InChI is InChI=1S/C14H22O5/c1-9(2)6-11(5)14(17)19-8-12(15)7-18-13(16)10(3)4/h9,12,15H,3,5-8H2,1-2,4H3. The molecular formula is C14H22O5. The second-order valence-electron chi connectivity index (χ2n) is 4.83. The zero-order chi connectivity index (χ0) is 15.0. The van der Waals surface area contributed by atoms with E-state index in [9.17, 15) is 14.7 Å². The largest absolute Gasteiger partial charge is 0.459 e. The van der Waals surface area contributed by atoms with Crippen LogP contribution in [0.3, 0.4) is 0 Å². The van der Waals surface area contributed by atoms with E-state index in [1.807, 2.05) is 13.8 Å². The van der Waals surface area contributed by atoms with Crippen LogP contribution in [0.25, 0.3) is 0 Å². The second kappa shape index (κ2) is 8.48. The monoisotopic (exact) mass is 270 g/mol. The van der Waals surface area contributed by atoms with Gasteiger partial charge in [-0.1, -0.05) is 27.0 Å². The summed E-state index contributed by atoms with van der Waals surface area (Å²) in [7, 11) is 0. The summed E-state index contributed by atoms with van der Waals surface area (Å²) in [6, 6.07) is 0. The van der Waals surface area contributed by atoms with Gasteiger partial charge in [-0.2, -0.15) is 0 Å². The van der Waals surface area contributed by atoms with Crippen molar-refractivity contribution in [2.45, 2.75) is 33.3 Å². The summed E-state index contributed by atoms with van der Waals surface area (Å²) in [5, 5.41) is 9.48. The van der Waals surface area contributed by atoms with Crippen molar-refractivity contribution in [2.24, 2.45) is 5.92 Å². The van der Waals surface area contributed by atoms with Gasteiger partial charge in [-0.05, 0) is 19.3 Å². The van der Waals surface area contributed by atoms with Crippen molar-refractivity contribution in [3.63, 3.8) is 0 Å². The fourth-order valence-corrected chi connectivity index (χ4v) is 1.19. The van der Waals surface area contributed by atoms with E-state index in [4.69, 9.17) is 9.47 Å². The number of hydrogen-bond acceptors (Lipinski definition) is 5. The van der Waals surface area contributed by atoms with Crippen LogP contribution in [0.2, 0.25) is 0 Å². The van der Waals surface area contributed by atoms with Gasteiger partial charge in [0.15, 0.2) is 0 Å². The Balaban J connectivity index is 3.93. The van der Waals surface area contributed by atoms with Crippen LogP contribution in [0.15, 0.2) is 24.3 Å². The Bertz CT molecular complexity index is 357. The fourth-order valence-electron chi connectivity index (χ4n) is 1.19. The van der Waals surface area contributed by atoms with Crippen LogP contribution in [0, 0.1) is 5.92 Å². The smallest absolute Gasteiger partial charge is 0.333 e. The number of ether oxygens (including phenoxy) is 2. The minimum atomic E-state index is -1.06. The molecule has 0 amide bonds. The van der Waals surface area contributed by atoms with Crippen molar-refractivity contribution in [3.8, 4) is 0 Å². The summed E-state index contributed by atoms with van der Waals surface area (Å²) in [6.07, 6.45) is -0.515. The summed E-state index contributed by atoms with van der Waals surface area (Å²) in [5.74, 6) is -0.824. The van der Waals surface area contributed by atoms with Crippen LogP contribution in [0.1, 0.15) is 27.2 Å². The molecular weight excluding hydrogens is 248 g/mol.